The van der Waals surface area contributed by atoms with Gasteiger partial charge in [-0.2, -0.15) is 5.26 Å². The maximum absolute atomic E-state index is 8.19. The van der Waals surface area contributed by atoms with E-state index in [0.29, 0.717) is 12.3 Å². The Hall–Kier alpha value is -1.01. The highest BCUT2D eigenvalue weighted by Gasteiger charge is 2.01. The van der Waals surface area contributed by atoms with Crippen molar-refractivity contribution in [1.29, 1.82) is 5.26 Å². The lowest BCUT2D eigenvalue weighted by atomic mass is 10.3. The molecule has 2 N–H and O–H groups in total. The number of allylic oxidation sites excluding steroid dienone is 1. The van der Waals surface area contributed by atoms with E-state index in [-0.39, 0.29) is 6.10 Å². The van der Waals surface area contributed by atoms with E-state index < -0.39 is 0 Å². The minimum absolute atomic E-state index is 0.148. The number of ether oxygens (including phenoxy) is 1. The zero-order valence-electron chi connectivity index (χ0n) is 6.29. The average Bonchev–Trinajstić information content (AvgIpc) is 1.89. The summed E-state index contributed by atoms with van der Waals surface area (Å²) in [5, 5.41) is 8.19. The minimum atomic E-state index is -0.148. The highest BCUT2D eigenvalue weighted by atomic mass is 16.5. The molecule has 3 heteroatoms. The van der Waals surface area contributed by atoms with E-state index >= 15 is 0 Å². The van der Waals surface area contributed by atoms with Gasteiger partial charge in [0.05, 0.1) is 12.2 Å². The van der Waals surface area contributed by atoms with Gasteiger partial charge in [0.15, 0.2) is 0 Å². The Morgan fingerprint density at radius 2 is 2.50 bits per heavy atom. The van der Waals surface area contributed by atoms with Crippen LogP contribution in [-0.4, -0.2) is 12.7 Å². The summed E-state index contributed by atoms with van der Waals surface area (Å²) in [4.78, 5) is 0. The second-order valence-electron chi connectivity index (χ2n) is 1.87. The van der Waals surface area contributed by atoms with Crippen molar-refractivity contribution in [2.45, 2.75) is 20.0 Å². The molecule has 0 radical (unpaired) electrons. The third-order valence-electron chi connectivity index (χ3n) is 1.12. The van der Waals surface area contributed by atoms with Crippen molar-refractivity contribution in [3.05, 3.63) is 11.8 Å². The molecule has 3 nitrogen and oxygen atoms in total. The number of nitrogens with two attached hydrogens (primary N) is 1. The van der Waals surface area contributed by atoms with Gasteiger partial charge in [0.1, 0.15) is 0 Å². The third-order valence-corrected chi connectivity index (χ3v) is 1.12. The second kappa shape index (κ2) is 4.83. The van der Waals surface area contributed by atoms with Crippen LogP contribution in [0.25, 0.3) is 0 Å². The van der Waals surface area contributed by atoms with Gasteiger partial charge in [0, 0.05) is 18.4 Å². The molecule has 0 amide bonds. The molecular formula is C7H12N2O. The molecule has 1 atom stereocenters. The lowest BCUT2D eigenvalue weighted by Crippen LogP contribution is -2.17. The van der Waals surface area contributed by atoms with E-state index in [2.05, 4.69) is 0 Å². The molecule has 1 unspecified atom stereocenters. The van der Waals surface area contributed by atoms with Gasteiger partial charge in [0.25, 0.3) is 0 Å². The molecule has 0 saturated heterocycles. The zero-order valence-corrected chi connectivity index (χ0v) is 6.29. The molecular weight excluding hydrogens is 128 g/mol. The number of hydrogen-bond donors (Lipinski definition) is 1. The Labute approximate surface area is 61.1 Å². The van der Waals surface area contributed by atoms with Gasteiger partial charge in [0.2, 0.25) is 0 Å². The van der Waals surface area contributed by atoms with E-state index in [1.54, 1.807) is 0 Å². The topological polar surface area (TPSA) is 59.0 Å². The first-order chi connectivity index (χ1) is 4.72. The molecule has 0 aliphatic heterocycles. The first-order valence-electron chi connectivity index (χ1n) is 3.19. The lowest BCUT2D eigenvalue weighted by molar-refractivity contribution is 0.100. The number of nitriles is 1. The summed E-state index contributed by atoms with van der Waals surface area (Å²) in [5.74, 6) is 0. The summed E-state index contributed by atoms with van der Waals surface area (Å²) in [5.41, 5.74) is 5.90. The molecule has 0 aliphatic carbocycles. The highest BCUT2D eigenvalue weighted by molar-refractivity contribution is 5.13. The Balaban J connectivity index is 3.84. The summed E-state index contributed by atoms with van der Waals surface area (Å²) < 4.78 is 5.11. The first-order valence-corrected chi connectivity index (χ1v) is 3.19. The predicted octanol–water partition coefficient (Wildman–Crippen LogP) is 0.778. The monoisotopic (exact) mass is 140 g/mol. The van der Waals surface area contributed by atoms with Gasteiger partial charge in [-0.25, -0.2) is 0 Å². The molecule has 56 valence electrons. The van der Waals surface area contributed by atoms with E-state index in [0.717, 1.165) is 0 Å². The van der Waals surface area contributed by atoms with Crippen molar-refractivity contribution < 1.29 is 4.74 Å². The van der Waals surface area contributed by atoms with E-state index in [4.69, 9.17) is 15.7 Å². The second-order valence-corrected chi connectivity index (χ2v) is 1.87. The fourth-order valence-electron chi connectivity index (χ4n) is 0.538. The van der Waals surface area contributed by atoms with Gasteiger partial charge in [-0.05, 0) is 13.8 Å². The largest absolute Gasteiger partial charge is 0.399 e. The van der Waals surface area contributed by atoms with Crippen LogP contribution in [0.4, 0.5) is 0 Å². The van der Waals surface area contributed by atoms with Crippen LogP contribution >= 0.6 is 0 Å². The lowest BCUT2D eigenvalue weighted by Gasteiger charge is -2.09. The molecule has 0 aliphatic rings. The van der Waals surface area contributed by atoms with Crippen LogP contribution in [0.3, 0.4) is 0 Å². The Kier molecular flexibility index (Phi) is 4.34. The molecule has 0 bridgehead atoms. The highest BCUT2D eigenvalue weighted by Crippen LogP contribution is 1.97. The first kappa shape index (κ1) is 8.99. The molecule has 0 heterocycles. The molecule has 0 aromatic carbocycles. The van der Waals surface area contributed by atoms with Crippen LogP contribution in [-0.2, 0) is 4.74 Å². The van der Waals surface area contributed by atoms with Crippen LogP contribution in [0.2, 0.25) is 0 Å². The number of rotatable bonds is 3. The molecule has 10 heavy (non-hydrogen) atoms. The average molecular weight is 140 g/mol. The van der Waals surface area contributed by atoms with Gasteiger partial charge < -0.3 is 10.5 Å². The molecule has 0 saturated carbocycles. The Morgan fingerprint density at radius 3 is 2.90 bits per heavy atom. The molecule has 0 rings (SSSR count). The van der Waals surface area contributed by atoms with Crippen LogP contribution < -0.4 is 5.73 Å². The minimum Gasteiger partial charge on any atom is -0.399 e. The van der Waals surface area contributed by atoms with Crippen LogP contribution in [0.1, 0.15) is 13.8 Å². The standard InChI is InChI=1S/C7H12N2O/c1-3-10-6(2)7(9)4-5-8/h4,6H,3,9H2,1-2H3/b7-4-. The maximum atomic E-state index is 8.19. The fourth-order valence-corrected chi connectivity index (χ4v) is 0.538. The zero-order chi connectivity index (χ0) is 7.98. The van der Waals surface area contributed by atoms with E-state index in [1.807, 2.05) is 19.9 Å². The predicted molar refractivity (Wildman–Crippen MR) is 39.0 cm³/mol. The van der Waals surface area contributed by atoms with Crippen molar-refractivity contribution in [3.8, 4) is 6.07 Å². The summed E-state index contributed by atoms with van der Waals surface area (Å²) in [6, 6.07) is 1.84. The molecule has 0 fully saturated rings. The fraction of sp³-hybridized carbons (Fsp3) is 0.571. The van der Waals surface area contributed by atoms with Gasteiger partial charge in [-0.1, -0.05) is 0 Å². The third kappa shape index (κ3) is 3.10. The summed E-state index contributed by atoms with van der Waals surface area (Å²) in [6.07, 6.45) is 1.14. The number of hydrogen-bond acceptors (Lipinski definition) is 3. The maximum Gasteiger partial charge on any atom is 0.0946 e. The van der Waals surface area contributed by atoms with Crippen LogP contribution in [0.5, 0.6) is 0 Å². The van der Waals surface area contributed by atoms with Crippen molar-refractivity contribution in [1.82, 2.24) is 0 Å². The molecule has 0 aromatic rings. The molecule has 0 aromatic heterocycles. The summed E-state index contributed by atoms with van der Waals surface area (Å²) >= 11 is 0. The van der Waals surface area contributed by atoms with Crippen molar-refractivity contribution in [2.75, 3.05) is 6.61 Å². The normalized spacial score (nSPS) is 14.3. The van der Waals surface area contributed by atoms with Crippen molar-refractivity contribution in [2.24, 2.45) is 5.73 Å². The van der Waals surface area contributed by atoms with Crippen LogP contribution in [0, 0.1) is 11.3 Å². The van der Waals surface area contributed by atoms with Crippen LogP contribution in [0.15, 0.2) is 11.8 Å². The molecule has 0 spiro atoms. The summed E-state index contributed by atoms with van der Waals surface area (Å²) in [7, 11) is 0. The van der Waals surface area contributed by atoms with Gasteiger partial charge in [-0.3, -0.25) is 0 Å². The Morgan fingerprint density at radius 1 is 1.90 bits per heavy atom. The number of nitrogens with zero attached hydrogens (tertiary/aromatic N) is 1. The Bertz CT molecular complexity index is 157. The van der Waals surface area contributed by atoms with Crippen molar-refractivity contribution >= 4 is 0 Å². The van der Waals surface area contributed by atoms with E-state index in [9.17, 15) is 0 Å². The van der Waals surface area contributed by atoms with Gasteiger partial charge in [-0.15, -0.1) is 0 Å². The van der Waals surface area contributed by atoms with Gasteiger partial charge >= 0.3 is 0 Å². The van der Waals surface area contributed by atoms with Crippen molar-refractivity contribution in [3.63, 3.8) is 0 Å². The van der Waals surface area contributed by atoms with E-state index in [1.165, 1.54) is 6.08 Å². The SMILES string of the molecule is CCOC(C)/C(N)=C/C#N. The quantitative estimate of drug-likeness (QED) is 0.589. The smallest absolute Gasteiger partial charge is 0.0946 e. The summed E-state index contributed by atoms with van der Waals surface area (Å²) in [6.45, 7) is 4.31.